The summed E-state index contributed by atoms with van der Waals surface area (Å²) in [5.41, 5.74) is 0. The number of hydrogen-bond donors (Lipinski definition) is 2. The molecule has 0 radical (unpaired) electrons. The van der Waals surface area contributed by atoms with Gasteiger partial charge in [-0.05, 0) is 37.9 Å². The Kier molecular flexibility index (Phi) is 4.99. The van der Waals surface area contributed by atoms with Gasteiger partial charge in [-0.3, -0.25) is 9.69 Å². The summed E-state index contributed by atoms with van der Waals surface area (Å²) < 4.78 is 5.15. The maximum absolute atomic E-state index is 11.7. The highest BCUT2D eigenvalue weighted by molar-refractivity contribution is 5.77. The number of aliphatic hydroxyl groups excluding tert-OH is 1. The molecule has 2 atom stereocenters. The van der Waals surface area contributed by atoms with Gasteiger partial charge < -0.3 is 14.8 Å². The smallest absolute Gasteiger partial charge is 0.234 e. The molecule has 1 fully saturated rings. The molecule has 1 aliphatic rings. The molecule has 5 nitrogen and oxygen atoms in total. The van der Waals surface area contributed by atoms with Gasteiger partial charge in [0.15, 0.2) is 0 Å². The Morgan fingerprint density at radius 1 is 1.58 bits per heavy atom. The van der Waals surface area contributed by atoms with Crippen molar-refractivity contribution < 1.29 is 14.3 Å². The Morgan fingerprint density at radius 3 is 3.05 bits per heavy atom. The molecule has 2 unspecified atom stereocenters. The molecule has 1 amide bonds. The molecule has 106 valence electrons. The maximum Gasteiger partial charge on any atom is 0.234 e. The van der Waals surface area contributed by atoms with E-state index in [1.807, 2.05) is 18.0 Å². The second kappa shape index (κ2) is 6.73. The van der Waals surface area contributed by atoms with Crippen LogP contribution in [0.5, 0.6) is 0 Å². The van der Waals surface area contributed by atoms with Gasteiger partial charge in [0.05, 0.1) is 25.5 Å². The second-order valence-electron chi connectivity index (χ2n) is 5.31. The highest BCUT2D eigenvalue weighted by atomic mass is 16.3. The summed E-state index contributed by atoms with van der Waals surface area (Å²) in [7, 11) is 1.91. The van der Waals surface area contributed by atoms with Gasteiger partial charge >= 0.3 is 0 Å². The summed E-state index contributed by atoms with van der Waals surface area (Å²) in [4.78, 5) is 13.7. The minimum absolute atomic E-state index is 0.0219. The maximum atomic E-state index is 11.7. The van der Waals surface area contributed by atoms with Gasteiger partial charge in [-0.1, -0.05) is 6.42 Å². The summed E-state index contributed by atoms with van der Waals surface area (Å²) in [5.74, 6) is 1.04. The molecule has 1 aromatic heterocycles. The molecular formula is C14H22N2O3. The highest BCUT2D eigenvalue weighted by Crippen LogP contribution is 2.25. The van der Waals surface area contributed by atoms with Crippen LogP contribution >= 0.6 is 0 Å². The lowest BCUT2D eigenvalue weighted by Gasteiger charge is -2.22. The Morgan fingerprint density at radius 2 is 2.42 bits per heavy atom. The van der Waals surface area contributed by atoms with Crippen LogP contribution in [0, 0.1) is 5.92 Å². The molecule has 0 saturated heterocycles. The van der Waals surface area contributed by atoms with Crippen molar-refractivity contribution in [3.8, 4) is 0 Å². The third-order valence-electron chi connectivity index (χ3n) is 3.62. The average molecular weight is 266 g/mol. The summed E-state index contributed by atoms with van der Waals surface area (Å²) in [6.07, 6.45) is 4.43. The number of hydrogen-bond acceptors (Lipinski definition) is 4. The molecule has 19 heavy (non-hydrogen) atoms. The number of carbonyl (C=O) groups excluding carboxylic acids is 1. The molecule has 0 bridgehead atoms. The third-order valence-corrected chi connectivity index (χ3v) is 3.62. The van der Waals surface area contributed by atoms with Gasteiger partial charge in [-0.25, -0.2) is 0 Å². The van der Waals surface area contributed by atoms with Gasteiger partial charge in [-0.15, -0.1) is 0 Å². The van der Waals surface area contributed by atoms with Crippen LogP contribution in [0.4, 0.5) is 0 Å². The first-order valence-electron chi connectivity index (χ1n) is 6.81. The van der Waals surface area contributed by atoms with Crippen molar-refractivity contribution in [1.82, 2.24) is 10.2 Å². The van der Waals surface area contributed by atoms with Crippen molar-refractivity contribution in [2.24, 2.45) is 5.92 Å². The molecule has 5 heteroatoms. The molecule has 1 saturated carbocycles. The number of rotatable bonds is 6. The van der Waals surface area contributed by atoms with Crippen molar-refractivity contribution >= 4 is 5.91 Å². The van der Waals surface area contributed by atoms with Crippen LogP contribution in [0.1, 0.15) is 25.0 Å². The van der Waals surface area contributed by atoms with Crippen LogP contribution in [0.15, 0.2) is 22.8 Å². The van der Waals surface area contributed by atoms with Crippen molar-refractivity contribution in [3.05, 3.63) is 24.2 Å². The van der Waals surface area contributed by atoms with Gasteiger partial charge in [-0.2, -0.15) is 0 Å². The average Bonchev–Trinajstić information content (AvgIpc) is 2.99. The fraction of sp³-hybridized carbons (Fsp3) is 0.643. The monoisotopic (exact) mass is 266 g/mol. The van der Waals surface area contributed by atoms with Crippen LogP contribution in [0.3, 0.4) is 0 Å². The number of aliphatic hydroxyl groups is 1. The summed E-state index contributed by atoms with van der Waals surface area (Å²) in [6.45, 7) is 1.55. The first-order valence-corrected chi connectivity index (χ1v) is 6.81. The van der Waals surface area contributed by atoms with E-state index in [-0.39, 0.29) is 12.0 Å². The summed E-state index contributed by atoms with van der Waals surface area (Å²) in [6, 6.07) is 3.63. The van der Waals surface area contributed by atoms with Crippen molar-refractivity contribution in [1.29, 1.82) is 0 Å². The van der Waals surface area contributed by atoms with Gasteiger partial charge in [0, 0.05) is 6.54 Å². The summed E-state index contributed by atoms with van der Waals surface area (Å²) in [5, 5.41) is 12.6. The van der Waals surface area contributed by atoms with Gasteiger partial charge in [0.1, 0.15) is 5.76 Å². The lowest BCUT2D eigenvalue weighted by Crippen LogP contribution is -2.38. The highest BCUT2D eigenvalue weighted by Gasteiger charge is 2.26. The summed E-state index contributed by atoms with van der Waals surface area (Å²) >= 11 is 0. The van der Waals surface area contributed by atoms with Crippen LogP contribution in [0.2, 0.25) is 0 Å². The quantitative estimate of drug-likeness (QED) is 0.806. The fourth-order valence-electron chi connectivity index (χ4n) is 2.60. The van der Waals surface area contributed by atoms with Crippen molar-refractivity contribution in [2.45, 2.75) is 31.9 Å². The SMILES string of the molecule is CN(CC(=O)NCc1ccco1)CC1CCCC1O. The zero-order valence-corrected chi connectivity index (χ0v) is 11.3. The largest absolute Gasteiger partial charge is 0.467 e. The molecule has 0 spiro atoms. The van der Waals surface area contributed by atoms with Crippen LogP contribution < -0.4 is 5.32 Å². The Hall–Kier alpha value is -1.33. The normalized spacial score (nSPS) is 22.9. The topological polar surface area (TPSA) is 65.7 Å². The Balaban J connectivity index is 1.66. The minimum atomic E-state index is -0.200. The standard InChI is InChI=1S/C14H22N2O3/c1-16(9-11-4-2-6-13(11)17)10-14(18)15-8-12-5-3-7-19-12/h3,5,7,11,13,17H,2,4,6,8-10H2,1H3,(H,15,18). The van der Waals surface area contributed by atoms with Crippen LogP contribution in [-0.4, -0.2) is 42.2 Å². The van der Waals surface area contributed by atoms with Crippen LogP contribution in [0.25, 0.3) is 0 Å². The molecule has 2 rings (SSSR count). The molecule has 1 aromatic rings. The molecular weight excluding hydrogens is 244 g/mol. The zero-order valence-electron chi connectivity index (χ0n) is 11.3. The molecule has 2 N–H and O–H groups in total. The third kappa shape index (κ3) is 4.36. The van der Waals surface area contributed by atoms with E-state index in [2.05, 4.69) is 5.32 Å². The number of nitrogens with zero attached hydrogens (tertiary/aromatic N) is 1. The first-order chi connectivity index (χ1) is 9.15. The van der Waals surface area contributed by atoms with E-state index in [0.29, 0.717) is 19.0 Å². The molecule has 0 aliphatic heterocycles. The number of carbonyl (C=O) groups is 1. The lowest BCUT2D eigenvalue weighted by atomic mass is 10.1. The van der Waals surface area contributed by atoms with Gasteiger partial charge in [0.2, 0.25) is 5.91 Å². The van der Waals surface area contributed by atoms with E-state index in [9.17, 15) is 9.90 Å². The number of nitrogens with one attached hydrogen (secondary N) is 1. The number of amides is 1. The van der Waals surface area contributed by atoms with E-state index in [4.69, 9.17) is 4.42 Å². The minimum Gasteiger partial charge on any atom is -0.467 e. The second-order valence-corrected chi connectivity index (χ2v) is 5.31. The van der Waals surface area contributed by atoms with Crippen molar-refractivity contribution in [2.75, 3.05) is 20.1 Å². The Labute approximate surface area is 113 Å². The van der Waals surface area contributed by atoms with Crippen molar-refractivity contribution in [3.63, 3.8) is 0 Å². The van der Waals surface area contributed by atoms with Gasteiger partial charge in [0.25, 0.3) is 0 Å². The Bertz CT molecular complexity index is 391. The molecule has 1 aliphatic carbocycles. The predicted molar refractivity (Wildman–Crippen MR) is 71.4 cm³/mol. The van der Waals surface area contributed by atoms with E-state index in [1.165, 1.54) is 0 Å². The lowest BCUT2D eigenvalue weighted by molar-refractivity contribution is -0.122. The van der Waals surface area contributed by atoms with E-state index in [1.54, 1.807) is 12.3 Å². The fourth-order valence-corrected chi connectivity index (χ4v) is 2.60. The zero-order chi connectivity index (χ0) is 13.7. The molecule has 0 aromatic carbocycles. The van der Waals surface area contributed by atoms with E-state index >= 15 is 0 Å². The molecule has 1 heterocycles. The number of likely N-dealkylation sites (N-methyl/N-ethyl adjacent to an activating group) is 1. The van der Waals surface area contributed by atoms with E-state index in [0.717, 1.165) is 31.6 Å². The predicted octanol–water partition coefficient (Wildman–Crippen LogP) is 0.989. The number of furan rings is 1. The van der Waals surface area contributed by atoms with E-state index < -0.39 is 0 Å². The first kappa shape index (κ1) is 14.1. The van der Waals surface area contributed by atoms with Crippen LogP contribution in [-0.2, 0) is 11.3 Å².